The Morgan fingerprint density at radius 3 is 2.04 bits per heavy atom. The zero-order valence-electron chi connectivity index (χ0n) is 25.0. The lowest BCUT2D eigenvalue weighted by molar-refractivity contribution is -0.134. The molecule has 0 bridgehead atoms. The Kier molecular flexibility index (Phi) is 6.92. The SMILES string of the molecule is Cc1ccc(N(c2ccc(C)cc2)c2sc(-c3ccc(N=C4C(=O)C(=O)C5CCCCC45)c4nsnc34)c3ccccc23)cc1. The standard InChI is InChI=1S/C37H30N4O2S2/c1-21-11-15-23(16-12-21)41(24-17-13-22(2)14-18-24)37-28-10-6-5-9-27(28)36(44-37)29-19-20-30(33-31(29)39-45-40-33)38-32-25-7-3-4-8-26(25)34(42)35(32)43/h5-6,9-20,25-26H,3-4,7-8H2,1-2H3. The number of hydrogen-bond donors (Lipinski definition) is 0. The van der Waals surface area contributed by atoms with Gasteiger partial charge in [0.25, 0.3) is 0 Å². The van der Waals surface area contributed by atoms with Crippen LogP contribution in [0, 0.1) is 25.7 Å². The fourth-order valence-electron chi connectivity index (χ4n) is 6.84. The molecular formula is C37H30N4O2S2. The van der Waals surface area contributed by atoms with Crippen LogP contribution in [0.4, 0.5) is 22.1 Å². The highest BCUT2D eigenvalue weighted by atomic mass is 32.1. The van der Waals surface area contributed by atoms with Crippen molar-refractivity contribution in [3.63, 3.8) is 0 Å². The largest absolute Gasteiger partial charge is 0.301 e. The van der Waals surface area contributed by atoms with Crippen LogP contribution in [-0.2, 0) is 9.59 Å². The Morgan fingerprint density at radius 1 is 0.733 bits per heavy atom. The number of aliphatic imine (C=N–C) groups is 1. The van der Waals surface area contributed by atoms with Gasteiger partial charge in [-0.25, -0.2) is 4.99 Å². The summed E-state index contributed by atoms with van der Waals surface area (Å²) in [7, 11) is 0. The average molecular weight is 627 g/mol. The van der Waals surface area contributed by atoms with Crippen LogP contribution in [0.15, 0.2) is 89.9 Å². The number of Topliss-reactive ketones (excluding diaryl/α,β-unsaturated/α-hetero) is 2. The molecule has 2 heterocycles. The number of rotatable bonds is 5. The van der Waals surface area contributed by atoms with Crippen molar-refractivity contribution in [1.82, 2.24) is 8.75 Å². The molecule has 0 amide bonds. The second-order valence-corrected chi connectivity index (χ2v) is 13.6. The number of aromatic nitrogens is 2. The van der Waals surface area contributed by atoms with Crippen molar-refractivity contribution in [2.24, 2.45) is 16.8 Å². The van der Waals surface area contributed by atoms with Crippen LogP contribution in [0.1, 0.15) is 36.8 Å². The summed E-state index contributed by atoms with van der Waals surface area (Å²) in [5.41, 5.74) is 8.01. The van der Waals surface area contributed by atoms with Crippen molar-refractivity contribution in [3.8, 4) is 10.4 Å². The Balaban J connectivity index is 1.29. The van der Waals surface area contributed by atoms with Gasteiger partial charge in [-0.3, -0.25) is 9.59 Å². The van der Waals surface area contributed by atoms with Crippen LogP contribution in [0.25, 0.3) is 32.2 Å². The number of fused-ring (bicyclic) bond motifs is 3. The number of aryl methyl sites for hydroxylation is 2. The van der Waals surface area contributed by atoms with Crippen LogP contribution in [-0.4, -0.2) is 26.0 Å². The first-order valence-electron chi connectivity index (χ1n) is 15.4. The number of carbonyl (C=O) groups is 2. The molecule has 4 aromatic carbocycles. The topological polar surface area (TPSA) is 75.5 Å². The first-order valence-corrected chi connectivity index (χ1v) is 16.9. The summed E-state index contributed by atoms with van der Waals surface area (Å²) in [6.45, 7) is 4.21. The molecule has 2 fully saturated rings. The minimum atomic E-state index is -0.423. The molecule has 0 N–H and O–H groups in total. The minimum absolute atomic E-state index is 0.0848. The van der Waals surface area contributed by atoms with E-state index in [0.29, 0.717) is 16.9 Å². The molecule has 8 heteroatoms. The molecule has 8 rings (SSSR count). The molecule has 6 nitrogen and oxygen atoms in total. The molecule has 0 spiro atoms. The highest BCUT2D eigenvalue weighted by Crippen LogP contribution is 2.50. The monoisotopic (exact) mass is 626 g/mol. The molecule has 2 aromatic heterocycles. The van der Waals surface area contributed by atoms with Gasteiger partial charge in [0.2, 0.25) is 11.6 Å². The zero-order chi connectivity index (χ0) is 30.7. The minimum Gasteiger partial charge on any atom is -0.301 e. The molecule has 222 valence electrons. The maximum Gasteiger partial charge on any atom is 0.243 e. The molecule has 2 unspecified atom stereocenters. The highest BCUT2D eigenvalue weighted by molar-refractivity contribution is 7.21. The van der Waals surface area contributed by atoms with E-state index in [4.69, 9.17) is 9.37 Å². The Labute approximate surface area is 269 Å². The van der Waals surface area contributed by atoms with E-state index in [1.807, 2.05) is 12.1 Å². The molecule has 2 saturated carbocycles. The number of thiophene rings is 1. The number of ketones is 2. The van der Waals surface area contributed by atoms with E-state index in [2.05, 4.69) is 95.9 Å². The number of benzene rings is 4. The molecule has 2 aliphatic rings. The van der Waals surface area contributed by atoms with Gasteiger partial charge < -0.3 is 4.90 Å². The van der Waals surface area contributed by atoms with E-state index in [0.717, 1.165) is 80.5 Å². The third-order valence-electron chi connectivity index (χ3n) is 9.18. The predicted molar refractivity (Wildman–Crippen MR) is 185 cm³/mol. The molecule has 45 heavy (non-hydrogen) atoms. The lowest BCUT2D eigenvalue weighted by atomic mass is 9.81. The smallest absolute Gasteiger partial charge is 0.243 e. The lowest BCUT2D eigenvalue weighted by Gasteiger charge is -2.24. The van der Waals surface area contributed by atoms with E-state index in [1.165, 1.54) is 11.1 Å². The molecule has 2 atom stereocenters. The van der Waals surface area contributed by atoms with E-state index in [1.54, 1.807) is 11.3 Å². The Bertz CT molecular complexity index is 2100. The van der Waals surface area contributed by atoms with Crippen LogP contribution in [0.5, 0.6) is 0 Å². The van der Waals surface area contributed by atoms with Crippen molar-refractivity contribution in [2.45, 2.75) is 39.5 Å². The number of carbonyl (C=O) groups excluding carboxylic acids is 2. The highest BCUT2D eigenvalue weighted by Gasteiger charge is 2.47. The van der Waals surface area contributed by atoms with E-state index in [9.17, 15) is 9.59 Å². The van der Waals surface area contributed by atoms with E-state index >= 15 is 0 Å². The zero-order valence-corrected chi connectivity index (χ0v) is 26.6. The molecule has 0 radical (unpaired) electrons. The van der Waals surface area contributed by atoms with Gasteiger partial charge in [0.15, 0.2) is 0 Å². The van der Waals surface area contributed by atoms with Gasteiger partial charge in [-0.15, -0.1) is 11.3 Å². The van der Waals surface area contributed by atoms with Crippen molar-refractivity contribution in [2.75, 3.05) is 4.90 Å². The van der Waals surface area contributed by atoms with Crippen LogP contribution in [0.2, 0.25) is 0 Å². The summed E-state index contributed by atoms with van der Waals surface area (Å²) in [5, 5.41) is 3.40. The van der Waals surface area contributed by atoms with Crippen molar-refractivity contribution >= 4 is 84.2 Å². The molecular weight excluding hydrogens is 597 g/mol. The summed E-state index contributed by atoms with van der Waals surface area (Å²) in [6, 6.07) is 29.8. The molecule has 0 aliphatic heterocycles. The maximum absolute atomic E-state index is 13.0. The third kappa shape index (κ3) is 4.71. The van der Waals surface area contributed by atoms with Gasteiger partial charge in [0.1, 0.15) is 16.0 Å². The van der Waals surface area contributed by atoms with Gasteiger partial charge in [-0.2, -0.15) is 8.75 Å². The van der Waals surface area contributed by atoms with Crippen LogP contribution < -0.4 is 4.90 Å². The summed E-state index contributed by atoms with van der Waals surface area (Å²) in [6.07, 6.45) is 3.62. The summed E-state index contributed by atoms with van der Waals surface area (Å²) in [5.74, 6) is -0.992. The van der Waals surface area contributed by atoms with Gasteiger partial charge in [-0.1, -0.05) is 72.5 Å². The average Bonchev–Trinajstić information content (AvgIpc) is 3.77. The second kappa shape index (κ2) is 11.1. The Morgan fingerprint density at radius 2 is 1.36 bits per heavy atom. The normalized spacial score (nSPS) is 19.1. The van der Waals surface area contributed by atoms with Crippen molar-refractivity contribution in [1.29, 1.82) is 0 Å². The van der Waals surface area contributed by atoms with Gasteiger partial charge in [-0.05, 0) is 63.1 Å². The number of nitrogens with zero attached hydrogens (tertiary/aromatic N) is 4. The summed E-state index contributed by atoms with van der Waals surface area (Å²) >= 11 is 2.88. The van der Waals surface area contributed by atoms with E-state index in [-0.39, 0.29) is 17.6 Å². The van der Waals surface area contributed by atoms with Crippen LogP contribution in [0.3, 0.4) is 0 Å². The fraction of sp³-hybridized carbons (Fsp3) is 0.216. The lowest BCUT2D eigenvalue weighted by Crippen LogP contribution is -2.21. The number of hydrogen-bond acceptors (Lipinski definition) is 8. The Hall–Kier alpha value is -4.53. The first kappa shape index (κ1) is 28.0. The quantitative estimate of drug-likeness (QED) is 0.178. The van der Waals surface area contributed by atoms with Gasteiger partial charge in [0.05, 0.1) is 23.1 Å². The molecule has 6 aromatic rings. The second-order valence-electron chi connectivity index (χ2n) is 12.1. The maximum atomic E-state index is 13.0. The first-order chi connectivity index (χ1) is 22.0. The van der Waals surface area contributed by atoms with Crippen molar-refractivity contribution in [3.05, 3.63) is 96.1 Å². The van der Waals surface area contributed by atoms with E-state index < -0.39 is 5.78 Å². The van der Waals surface area contributed by atoms with Gasteiger partial charge >= 0.3 is 0 Å². The fourth-order valence-corrected chi connectivity index (χ4v) is 8.75. The number of anilines is 3. The summed E-state index contributed by atoms with van der Waals surface area (Å²) < 4.78 is 9.39. The molecule has 2 aliphatic carbocycles. The van der Waals surface area contributed by atoms with Gasteiger partial charge in [0, 0.05) is 44.4 Å². The third-order valence-corrected chi connectivity index (χ3v) is 10.9. The molecule has 0 saturated heterocycles. The van der Waals surface area contributed by atoms with Crippen LogP contribution >= 0.6 is 23.1 Å². The predicted octanol–water partition coefficient (Wildman–Crippen LogP) is 9.69. The summed E-state index contributed by atoms with van der Waals surface area (Å²) in [4.78, 5) is 34.0. The van der Waals surface area contributed by atoms with Crippen molar-refractivity contribution < 1.29 is 9.59 Å².